The molecule has 1 aromatic carbocycles. The van der Waals surface area contributed by atoms with E-state index in [9.17, 15) is 0 Å². The Morgan fingerprint density at radius 2 is 2.00 bits per heavy atom. The topological polar surface area (TPSA) is 12.0 Å². The van der Waals surface area contributed by atoms with Gasteiger partial charge in [0.2, 0.25) is 0 Å². The van der Waals surface area contributed by atoms with Crippen LogP contribution < -0.4 is 5.32 Å². The van der Waals surface area contributed by atoms with Gasteiger partial charge in [-0.25, -0.2) is 0 Å². The Morgan fingerprint density at radius 3 is 2.81 bits per heavy atom. The summed E-state index contributed by atoms with van der Waals surface area (Å²) in [6.07, 6.45) is 0. The molecule has 108 valence electrons. The maximum Gasteiger partial charge on any atom is 0.0494 e. The predicted molar refractivity (Wildman–Crippen MR) is 97.8 cm³/mol. The van der Waals surface area contributed by atoms with Crippen LogP contribution in [-0.4, -0.2) is 5.75 Å². The molecule has 0 saturated carbocycles. The quantitative estimate of drug-likeness (QED) is 0.540. The molecule has 0 unspecified atom stereocenters. The van der Waals surface area contributed by atoms with Crippen LogP contribution in [0.25, 0.3) is 10.4 Å². The first-order valence-electron chi connectivity index (χ1n) is 6.94. The van der Waals surface area contributed by atoms with E-state index in [4.69, 9.17) is 0 Å². The minimum absolute atomic E-state index is 0.886. The van der Waals surface area contributed by atoms with Crippen LogP contribution in [0, 0.1) is 0 Å². The fraction of sp³-hybridized carbons (Fsp3) is 0.176. The molecule has 3 rings (SSSR count). The number of rotatable bonds is 6. The monoisotopic (exact) mass is 331 g/mol. The summed E-state index contributed by atoms with van der Waals surface area (Å²) in [6, 6.07) is 15.1. The van der Waals surface area contributed by atoms with E-state index >= 15 is 0 Å². The van der Waals surface area contributed by atoms with E-state index in [1.165, 1.54) is 25.9 Å². The lowest BCUT2D eigenvalue weighted by Gasteiger charge is -2.10. The van der Waals surface area contributed by atoms with Crippen LogP contribution in [0.4, 0.5) is 5.69 Å². The molecule has 0 radical (unpaired) electrons. The standard InChI is InChI=1S/C17H17NS3/c1-2-19-17-7-4-3-6-15(17)18-11-14-10-13(12-21-14)16-8-5-9-20-16/h3-10,12,18H,2,11H2,1H3. The second kappa shape index (κ2) is 7.16. The Bertz CT molecular complexity index is 686. The first-order chi connectivity index (χ1) is 10.4. The highest BCUT2D eigenvalue weighted by Gasteiger charge is 2.05. The Morgan fingerprint density at radius 1 is 1.10 bits per heavy atom. The molecular weight excluding hydrogens is 314 g/mol. The summed E-state index contributed by atoms with van der Waals surface area (Å²) in [7, 11) is 0. The molecule has 0 atom stereocenters. The molecule has 1 N–H and O–H groups in total. The zero-order valence-electron chi connectivity index (χ0n) is 11.8. The van der Waals surface area contributed by atoms with Crippen molar-refractivity contribution in [2.75, 3.05) is 11.1 Å². The van der Waals surface area contributed by atoms with Gasteiger partial charge in [-0.1, -0.05) is 25.1 Å². The van der Waals surface area contributed by atoms with Crippen molar-refractivity contribution in [2.45, 2.75) is 18.4 Å². The molecular formula is C17H17NS3. The highest BCUT2D eigenvalue weighted by atomic mass is 32.2. The molecule has 0 fully saturated rings. The molecule has 0 spiro atoms. The average Bonchev–Trinajstić information content (AvgIpc) is 3.18. The molecule has 3 aromatic rings. The third-order valence-corrected chi connectivity index (χ3v) is 5.91. The molecule has 0 bridgehead atoms. The zero-order valence-corrected chi connectivity index (χ0v) is 14.3. The number of hydrogen-bond acceptors (Lipinski definition) is 4. The van der Waals surface area contributed by atoms with Crippen LogP contribution in [0.5, 0.6) is 0 Å². The van der Waals surface area contributed by atoms with Crippen molar-refractivity contribution in [1.29, 1.82) is 0 Å². The fourth-order valence-corrected chi connectivity index (χ4v) is 4.52. The summed E-state index contributed by atoms with van der Waals surface area (Å²) in [5.74, 6) is 1.10. The molecule has 0 aliphatic carbocycles. The summed E-state index contributed by atoms with van der Waals surface area (Å²) in [6.45, 7) is 3.07. The molecule has 0 amide bonds. The third-order valence-electron chi connectivity index (χ3n) is 3.10. The first-order valence-corrected chi connectivity index (χ1v) is 9.68. The maximum atomic E-state index is 3.57. The number of thioether (sulfide) groups is 1. The lowest BCUT2D eigenvalue weighted by molar-refractivity contribution is 1.17. The SMILES string of the molecule is CCSc1ccccc1NCc1cc(-c2cccs2)cs1. The number of benzene rings is 1. The van der Waals surface area contributed by atoms with Gasteiger partial charge in [0.1, 0.15) is 0 Å². The highest BCUT2D eigenvalue weighted by Crippen LogP contribution is 2.31. The van der Waals surface area contributed by atoms with Gasteiger partial charge in [-0.3, -0.25) is 0 Å². The van der Waals surface area contributed by atoms with E-state index in [2.05, 4.69) is 65.5 Å². The maximum absolute atomic E-state index is 3.57. The molecule has 4 heteroatoms. The van der Waals surface area contributed by atoms with Gasteiger partial charge < -0.3 is 5.32 Å². The van der Waals surface area contributed by atoms with Gasteiger partial charge in [0.25, 0.3) is 0 Å². The van der Waals surface area contributed by atoms with Crippen LogP contribution in [0.3, 0.4) is 0 Å². The number of nitrogens with one attached hydrogen (secondary N) is 1. The summed E-state index contributed by atoms with van der Waals surface area (Å²) in [5, 5.41) is 7.94. The lowest BCUT2D eigenvalue weighted by atomic mass is 10.2. The van der Waals surface area contributed by atoms with Crippen molar-refractivity contribution in [1.82, 2.24) is 0 Å². The van der Waals surface area contributed by atoms with E-state index < -0.39 is 0 Å². The number of thiophene rings is 2. The Hall–Kier alpha value is -1.23. The summed E-state index contributed by atoms with van der Waals surface area (Å²) < 4.78 is 0. The van der Waals surface area contributed by atoms with Crippen LogP contribution in [0.1, 0.15) is 11.8 Å². The second-order valence-electron chi connectivity index (χ2n) is 4.56. The molecule has 2 aromatic heterocycles. The molecule has 0 aliphatic heterocycles. The zero-order chi connectivity index (χ0) is 14.5. The van der Waals surface area contributed by atoms with Gasteiger partial charge in [-0.05, 0) is 40.8 Å². The Kier molecular flexibility index (Phi) is 5.01. The summed E-state index contributed by atoms with van der Waals surface area (Å²) in [5.41, 5.74) is 2.57. The van der Waals surface area contributed by atoms with Crippen molar-refractivity contribution < 1.29 is 0 Å². The minimum Gasteiger partial charge on any atom is -0.379 e. The number of para-hydroxylation sites is 1. The third kappa shape index (κ3) is 3.70. The smallest absolute Gasteiger partial charge is 0.0494 e. The minimum atomic E-state index is 0.886. The van der Waals surface area contributed by atoms with Crippen molar-refractivity contribution in [3.63, 3.8) is 0 Å². The first kappa shape index (κ1) is 14.7. The number of anilines is 1. The molecule has 21 heavy (non-hydrogen) atoms. The van der Waals surface area contributed by atoms with Gasteiger partial charge >= 0.3 is 0 Å². The van der Waals surface area contributed by atoms with Crippen LogP contribution >= 0.6 is 34.4 Å². The van der Waals surface area contributed by atoms with Gasteiger partial charge in [0.05, 0.1) is 0 Å². The second-order valence-corrected chi connectivity index (χ2v) is 7.81. The molecule has 1 nitrogen and oxygen atoms in total. The number of hydrogen-bond donors (Lipinski definition) is 1. The molecule has 0 aliphatic rings. The predicted octanol–water partition coefficient (Wildman–Crippen LogP) is 6.20. The Balaban J connectivity index is 1.68. The molecule has 0 saturated heterocycles. The van der Waals surface area contributed by atoms with E-state index in [1.807, 2.05) is 23.1 Å². The largest absolute Gasteiger partial charge is 0.379 e. The summed E-state index contributed by atoms with van der Waals surface area (Å²) in [4.78, 5) is 4.05. The highest BCUT2D eigenvalue weighted by molar-refractivity contribution is 7.99. The Labute approximate surface area is 138 Å². The van der Waals surface area contributed by atoms with Gasteiger partial charge in [0.15, 0.2) is 0 Å². The van der Waals surface area contributed by atoms with E-state index in [0.29, 0.717) is 0 Å². The molecule has 2 heterocycles. The normalized spacial score (nSPS) is 10.7. The summed E-state index contributed by atoms with van der Waals surface area (Å²) >= 11 is 5.50. The lowest BCUT2D eigenvalue weighted by Crippen LogP contribution is -1.98. The van der Waals surface area contributed by atoms with Crippen molar-refractivity contribution >= 4 is 40.1 Å². The van der Waals surface area contributed by atoms with E-state index in [-0.39, 0.29) is 0 Å². The van der Waals surface area contributed by atoms with E-state index in [0.717, 1.165) is 12.3 Å². The fourth-order valence-electron chi connectivity index (χ4n) is 2.12. The van der Waals surface area contributed by atoms with Crippen LogP contribution in [0.15, 0.2) is 58.1 Å². The van der Waals surface area contributed by atoms with Gasteiger partial charge in [0, 0.05) is 32.4 Å². The van der Waals surface area contributed by atoms with Crippen LogP contribution in [-0.2, 0) is 6.54 Å². The van der Waals surface area contributed by atoms with Crippen molar-refractivity contribution in [3.8, 4) is 10.4 Å². The van der Waals surface area contributed by atoms with E-state index in [1.54, 1.807) is 11.3 Å². The average molecular weight is 332 g/mol. The van der Waals surface area contributed by atoms with Gasteiger partial charge in [-0.2, -0.15) is 0 Å². The van der Waals surface area contributed by atoms with Crippen molar-refractivity contribution in [3.05, 3.63) is 58.1 Å². The van der Waals surface area contributed by atoms with Gasteiger partial charge in [-0.15, -0.1) is 34.4 Å². The van der Waals surface area contributed by atoms with Crippen molar-refractivity contribution in [2.24, 2.45) is 0 Å². The van der Waals surface area contributed by atoms with Crippen LogP contribution in [0.2, 0.25) is 0 Å².